The van der Waals surface area contributed by atoms with Crippen molar-refractivity contribution < 1.29 is 9.59 Å². The van der Waals surface area contributed by atoms with E-state index in [1.54, 1.807) is 13.1 Å². The summed E-state index contributed by atoms with van der Waals surface area (Å²) >= 11 is 1.30. The van der Waals surface area contributed by atoms with Gasteiger partial charge in [-0.25, -0.2) is 0 Å². The Kier molecular flexibility index (Phi) is 3.92. The highest BCUT2D eigenvalue weighted by Gasteiger charge is 2.31. The molecule has 2 aromatic rings. The van der Waals surface area contributed by atoms with E-state index in [1.165, 1.54) is 11.8 Å². The van der Waals surface area contributed by atoms with Crippen LogP contribution in [0.3, 0.4) is 0 Å². The SMILES string of the molecule is CC(=O)SCC1CC(=O)N(c2cccc3cnccc23)C1. The first kappa shape index (κ1) is 14.1. The first-order valence-electron chi connectivity index (χ1n) is 6.91. The number of aromatic nitrogens is 1. The van der Waals surface area contributed by atoms with Gasteiger partial charge in [-0.2, -0.15) is 0 Å². The number of fused-ring (bicyclic) bond motifs is 1. The van der Waals surface area contributed by atoms with Crippen molar-refractivity contribution in [2.24, 2.45) is 5.92 Å². The van der Waals surface area contributed by atoms with E-state index in [2.05, 4.69) is 4.98 Å². The van der Waals surface area contributed by atoms with Gasteiger partial charge in [0.05, 0.1) is 5.69 Å². The fraction of sp³-hybridized carbons (Fsp3) is 0.312. The molecule has 1 unspecified atom stereocenters. The van der Waals surface area contributed by atoms with E-state index in [1.807, 2.05) is 35.4 Å². The predicted octanol–water partition coefficient (Wildman–Crippen LogP) is 2.87. The molecule has 1 aliphatic rings. The summed E-state index contributed by atoms with van der Waals surface area (Å²) in [6.07, 6.45) is 4.07. The van der Waals surface area contributed by atoms with Gasteiger partial charge in [-0.05, 0) is 18.1 Å². The molecule has 2 heterocycles. The van der Waals surface area contributed by atoms with Crippen LogP contribution in [0.15, 0.2) is 36.7 Å². The molecule has 0 bridgehead atoms. The van der Waals surface area contributed by atoms with E-state index in [-0.39, 0.29) is 16.9 Å². The number of rotatable bonds is 3. The fourth-order valence-corrected chi connectivity index (χ4v) is 3.40. The average Bonchev–Trinajstić information content (AvgIpc) is 2.85. The number of thioether (sulfide) groups is 1. The number of nitrogens with zero attached hydrogens (tertiary/aromatic N) is 2. The topological polar surface area (TPSA) is 50.3 Å². The largest absolute Gasteiger partial charge is 0.311 e. The van der Waals surface area contributed by atoms with Gasteiger partial charge < -0.3 is 4.90 Å². The molecule has 1 amide bonds. The lowest BCUT2D eigenvalue weighted by Crippen LogP contribution is -2.25. The third kappa shape index (κ3) is 2.93. The van der Waals surface area contributed by atoms with Gasteiger partial charge in [-0.1, -0.05) is 23.9 Å². The summed E-state index contributed by atoms with van der Waals surface area (Å²) in [7, 11) is 0. The zero-order chi connectivity index (χ0) is 14.8. The van der Waals surface area contributed by atoms with Crippen LogP contribution in [-0.2, 0) is 9.59 Å². The summed E-state index contributed by atoms with van der Waals surface area (Å²) in [5.74, 6) is 1.08. The van der Waals surface area contributed by atoms with Crippen molar-refractivity contribution in [2.45, 2.75) is 13.3 Å². The van der Waals surface area contributed by atoms with Crippen molar-refractivity contribution in [2.75, 3.05) is 17.2 Å². The maximum absolute atomic E-state index is 12.3. The minimum absolute atomic E-state index is 0.108. The molecule has 0 saturated carbocycles. The summed E-state index contributed by atoms with van der Waals surface area (Å²) in [6, 6.07) is 7.86. The highest BCUT2D eigenvalue weighted by Crippen LogP contribution is 2.32. The van der Waals surface area contributed by atoms with Crippen LogP contribution in [-0.4, -0.2) is 28.3 Å². The Hall–Kier alpha value is -1.88. The summed E-state index contributed by atoms with van der Waals surface area (Å²) in [6.45, 7) is 2.25. The normalized spacial score (nSPS) is 18.4. The maximum Gasteiger partial charge on any atom is 0.227 e. The standard InChI is InChI=1S/C16H16N2O2S/c1-11(19)21-10-12-7-16(20)18(9-12)15-4-2-3-13-8-17-6-5-14(13)15/h2-6,8,12H,7,9-10H2,1H3. The zero-order valence-electron chi connectivity index (χ0n) is 11.8. The minimum atomic E-state index is 0.108. The molecule has 4 nitrogen and oxygen atoms in total. The first-order chi connectivity index (χ1) is 10.1. The molecule has 3 rings (SSSR count). The van der Waals surface area contributed by atoms with Crippen LogP contribution < -0.4 is 4.90 Å². The molecule has 1 saturated heterocycles. The molecule has 0 aliphatic carbocycles. The van der Waals surface area contributed by atoms with Crippen LogP contribution in [0.2, 0.25) is 0 Å². The second kappa shape index (κ2) is 5.85. The second-order valence-corrected chi connectivity index (χ2v) is 6.45. The number of carbonyl (C=O) groups is 2. The molecule has 0 N–H and O–H groups in total. The first-order valence-corrected chi connectivity index (χ1v) is 7.90. The van der Waals surface area contributed by atoms with Gasteiger partial charge in [0.15, 0.2) is 5.12 Å². The van der Waals surface area contributed by atoms with Crippen molar-refractivity contribution in [1.29, 1.82) is 0 Å². The predicted molar refractivity (Wildman–Crippen MR) is 85.3 cm³/mol. The molecule has 108 valence electrons. The number of carbonyl (C=O) groups excluding carboxylic acids is 2. The Labute approximate surface area is 127 Å². The van der Waals surface area contributed by atoms with Crippen molar-refractivity contribution in [3.05, 3.63) is 36.7 Å². The highest BCUT2D eigenvalue weighted by molar-refractivity contribution is 8.13. The monoisotopic (exact) mass is 300 g/mol. The van der Waals surface area contributed by atoms with E-state index in [0.29, 0.717) is 18.7 Å². The molecule has 1 aliphatic heterocycles. The fourth-order valence-electron chi connectivity index (χ4n) is 2.70. The lowest BCUT2D eigenvalue weighted by atomic mass is 10.1. The van der Waals surface area contributed by atoms with Gasteiger partial charge in [-0.3, -0.25) is 14.6 Å². The number of hydrogen-bond donors (Lipinski definition) is 0. The Morgan fingerprint density at radius 3 is 3.10 bits per heavy atom. The van der Waals surface area contributed by atoms with Gasteiger partial charge in [0, 0.05) is 48.8 Å². The summed E-state index contributed by atoms with van der Waals surface area (Å²) in [5.41, 5.74) is 0.940. The zero-order valence-corrected chi connectivity index (χ0v) is 12.6. The van der Waals surface area contributed by atoms with E-state index in [9.17, 15) is 9.59 Å². The molecular formula is C16H16N2O2S. The smallest absolute Gasteiger partial charge is 0.227 e. The van der Waals surface area contributed by atoms with Crippen LogP contribution in [0, 0.1) is 5.92 Å². The highest BCUT2D eigenvalue weighted by atomic mass is 32.2. The molecule has 21 heavy (non-hydrogen) atoms. The van der Waals surface area contributed by atoms with Gasteiger partial charge in [0.25, 0.3) is 0 Å². The van der Waals surface area contributed by atoms with Crippen molar-refractivity contribution in [3.8, 4) is 0 Å². The number of amides is 1. The number of hydrogen-bond acceptors (Lipinski definition) is 4. The van der Waals surface area contributed by atoms with Crippen molar-refractivity contribution >= 4 is 39.2 Å². The summed E-state index contributed by atoms with van der Waals surface area (Å²) in [4.78, 5) is 29.3. The van der Waals surface area contributed by atoms with Crippen molar-refractivity contribution in [3.63, 3.8) is 0 Å². The van der Waals surface area contributed by atoms with Crippen LogP contribution in [0.25, 0.3) is 10.8 Å². The minimum Gasteiger partial charge on any atom is -0.311 e. The number of benzene rings is 1. The van der Waals surface area contributed by atoms with E-state index >= 15 is 0 Å². The Morgan fingerprint density at radius 1 is 1.43 bits per heavy atom. The van der Waals surface area contributed by atoms with Crippen LogP contribution >= 0.6 is 11.8 Å². The van der Waals surface area contributed by atoms with E-state index in [4.69, 9.17) is 0 Å². The molecule has 1 aromatic heterocycles. The van der Waals surface area contributed by atoms with Gasteiger partial charge in [0.1, 0.15) is 0 Å². The van der Waals surface area contributed by atoms with Gasteiger partial charge >= 0.3 is 0 Å². The van der Waals surface area contributed by atoms with Crippen LogP contribution in [0.5, 0.6) is 0 Å². The van der Waals surface area contributed by atoms with E-state index in [0.717, 1.165) is 16.5 Å². The Bertz CT molecular complexity index is 696. The molecule has 1 aromatic carbocycles. The number of pyridine rings is 1. The molecule has 1 fully saturated rings. The lowest BCUT2D eigenvalue weighted by molar-refractivity contribution is -0.117. The third-order valence-electron chi connectivity index (χ3n) is 3.68. The van der Waals surface area contributed by atoms with Gasteiger partial charge in [0.2, 0.25) is 5.91 Å². The molecule has 0 spiro atoms. The third-order valence-corrected chi connectivity index (χ3v) is 4.72. The van der Waals surface area contributed by atoms with Crippen molar-refractivity contribution in [1.82, 2.24) is 4.98 Å². The number of anilines is 1. The Balaban J connectivity index is 1.86. The molecule has 1 atom stereocenters. The second-order valence-electron chi connectivity index (χ2n) is 5.25. The molecular weight excluding hydrogens is 284 g/mol. The van der Waals surface area contributed by atoms with Crippen LogP contribution in [0.1, 0.15) is 13.3 Å². The van der Waals surface area contributed by atoms with E-state index < -0.39 is 0 Å². The average molecular weight is 300 g/mol. The quantitative estimate of drug-likeness (QED) is 0.874. The maximum atomic E-state index is 12.3. The molecule has 0 radical (unpaired) electrons. The van der Waals surface area contributed by atoms with Gasteiger partial charge in [-0.15, -0.1) is 0 Å². The Morgan fingerprint density at radius 2 is 2.29 bits per heavy atom. The lowest BCUT2D eigenvalue weighted by Gasteiger charge is -2.18. The summed E-state index contributed by atoms with van der Waals surface area (Å²) < 4.78 is 0. The molecule has 5 heteroatoms. The summed E-state index contributed by atoms with van der Waals surface area (Å²) in [5, 5.41) is 2.18. The van der Waals surface area contributed by atoms with Crippen LogP contribution in [0.4, 0.5) is 5.69 Å².